The van der Waals surface area contributed by atoms with Gasteiger partial charge in [-0.1, -0.05) is 0 Å². The monoisotopic (exact) mass is 154 g/mol. The van der Waals surface area contributed by atoms with E-state index >= 15 is 0 Å². The summed E-state index contributed by atoms with van der Waals surface area (Å²) in [5.74, 6) is -0.889. The van der Waals surface area contributed by atoms with E-state index in [1.165, 1.54) is 0 Å². The first-order valence-corrected chi connectivity index (χ1v) is 2.40. The van der Waals surface area contributed by atoms with Crippen LogP contribution in [0.25, 0.3) is 0 Å². The molecule has 0 unspecified atom stereocenters. The highest BCUT2D eigenvalue weighted by atomic mass is 35.5. The maximum atomic E-state index is 10.0. The van der Waals surface area contributed by atoms with Gasteiger partial charge in [-0.2, -0.15) is 0 Å². The topological polar surface area (TPSA) is 43.4 Å². The molecule has 1 aromatic rings. The van der Waals surface area contributed by atoms with Gasteiger partial charge in [-0.3, -0.25) is 0 Å². The molecule has 0 fully saturated rings. The van der Waals surface area contributed by atoms with Crippen LogP contribution in [0, 0.1) is 0 Å². The Balaban J connectivity index is 3.35. The lowest BCUT2D eigenvalue weighted by Crippen LogP contribution is -1.84. The van der Waals surface area contributed by atoms with Crippen molar-refractivity contribution in [2.45, 2.75) is 0 Å². The zero-order valence-electron chi connectivity index (χ0n) is 3.48. The van der Waals surface area contributed by atoms with Crippen molar-refractivity contribution in [2.75, 3.05) is 0 Å². The predicted molar refractivity (Wildman–Crippen MR) is 27.3 cm³/mol. The first-order chi connectivity index (χ1) is 3.70. The van der Waals surface area contributed by atoms with Gasteiger partial charge >= 0.3 is 5.82 Å². The molecule has 1 aromatic heterocycles. The molecule has 0 spiro atoms. The van der Waals surface area contributed by atoms with Gasteiger partial charge in [-0.05, 0) is 23.2 Å². The van der Waals surface area contributed by atoms with E-state index in [2.05, 4.69) is 8.83 Å². The minimum Gasteiger partial charge on any atom is -0.377 e. The molecule has 0 aromatic carbocycles. The highest BCUT2D eigenvalue weighted by Gasteiger charge is 2.04. The molecule has 0 atom stereocenters. The van der Waals surface area contributed by atoms with Crippen molar-refractivity contribution in [2.24, 2.45) is 0 Å². The molecule has 1 heterocycles. The van der Waals surface area contributed by atoms with E-state index in [9.17, 15) is 4.79 Å². The molecule has 1 rings (SSSR count). The molecule has 0 N–H and O–H groups in total. The highest BCUT2D eigenvalue weighted by molar-refractivity contribution is 6.39. The fraction of sp³-hybridized carbons (Fsp3) is 0. The Morgan fingerprint density at radius 3 is 1.62 bits per heavy atom. The molecule has 0 saturated heterocycles. The third kappa shape index (κ3) is 0.877. The van der Waals surface area contributed by atoms with E-state index in [0.717, 1.165) is 0 Å². The van der Waals surface area contributed by atoms with E-state index in [0.29, 0.717) is 0 Å². The maximum absolute atomic E-state index is 10.0. The van der Waals surface area contributed by atoms with Gasteiger partial charge in [-0.25, -0.2) is 4.79 Å². The van der Waals surface area contributed by atoms with E-state index in [1.54, 1.807) is 0 Å². The summed E-state index contributed by atoms with van der Waals surface area (Å²) in [7, 11) is 0. The second-order valence-electron chi connectivity index (χ2n) is 1.00. The average Bonchev–Trinajstić information content (AvgIpc) is 1.85. The lowest BCUT2D eigenvalue weighted by atomic mass is 11.0. The van der Waals surface area contributed by atoms with Crippen molar-refractivity contribution in [3.8, 4) is 0 Å². The maximum Gasteiger partial charge on any atom is 0.521 e. The van der Waals surface area contributed by atoms with Crippen LogP contribution in [0.3, 0.4) is 0 Å². The molecule has 0 aliphatic heterocycles. The third-order valence-corrected chi connectivity index (χ3v) is 1.09. The Kier molecular flexibility index (Phi) is 1.31. The van der Waals surface area contributed by atoms with Gasteiger partial charge in [0.2, 0.25) is 0 Å². The molecule has 5 heteroatoms. The second-order valence-corrected chi connectivity index (χ2v) is 1.69. The summed E-state index contributed by atoms with van der Waals surface area (Å²) in [5, 5.41) is -0.423. The van der Waals surface area contributed by atoms with Gasteiger partial charge in [0, 0.05) is 0 Å². The fourth-order valence-electron chi connectivity index (χ4n) is 0.247. The zero-order chi connectivity index (χ0) is 6.15. The minimum absolute atomic E-state index is 0.211. The van der Waals surface area contributed by atoms with Crippen LogP contribution in [0.4, 0.5) is 0 Å². The predicted octanol–water partition coefficient (Wildman–Crippen LogP) is 1.54. The molecule has 0 aliphatic carbocycles. The van der Waals surface area contributed by atoms with Crippen molar-refractivity contribution in [1.29, 1.82) is 0 Å². The van der Waals surface area contributed by atoms with Crippen LogP contribution < -0.4 is 5.82 Å². The van der Waals surface area contributed by atoms with Crippen LogP contribution in [-0.4, -0.2) is 0 Å². The highest BCUT2D eigenvalue weighted by Crippen LogP contribution is 2.18. The SMILES string of the molecule is O=c1oc(Cl)c(Cl)o1. The Morgan fingerprint density at radius 1 is 1.12 bits per heavy atom. The molecular weight excluding hydrogens is 155 g/mol. The summed E-state index contributed by atoms with van der Waals surface area (Å²) in [4.78, 5) is 10.0. The molecule has 0 radical (unpaired) electrons. The van der Waals surface area contributed by atoms with E-state index in [1.807, 2.05) is 0 Å². The minimum atomic E-state index is -0.889. The summed E-state index contributed by atoms with van der Waals surface area (Å²) < 4.78 is 8.25. The number of rotatable bonds is 0. The van der Waals surface area contributed by atoms with Gasteiger partial charge in [-0.15, -0.1) is 0 Å². The molecule has 44 valence electrons. The quantitative estimate of drug-likeness (QED) is 0.570. The van der Waals surface area contributed by atoms with Gasteiger partial charge < -0.3 is 8.83 Å². The van der Waals surface area contributed by atoms with Gasteiger partial charge in [0.05, 0.1) is 0 Å². The molecule has 0 bridgehead atoms. The number of hydrogen-bond donors (Lipinski definition) is 0. The summed E-state index contributed by atoms with van der Waals surface area (Å²) >= 11 is 10.3. The Hall–Kier alpha value is -0.410. The van der Waals surface area contributed by atoms with Crippen molar-refractivity contribution in [3.63, 3.8) is 0 Å². The van der Waals surface area contributed by atoms with Crippen LogP contribution >= 0.6 is 23.2 Å². The normalized spacial score (nSPS) is 9.75. The smallest absolute Gasteiger partial charge is 0.377 e. The molecular formula is C3Cl2O3. The summed E-state index contributed by atoms with van der Waals surface area (Å²) in [5.41, 5.74) is 0. The van der Waals surface area contributed by atoms with Crippen LogP contribution in [0.2, 0.25) is 10.4 Å². The Morgan fingerprint density at radius 2 is 1.50 bits per heavy atom. The van der Waals surface area contributed by atoms with E-state index in [4.69, 9.17) is 23.2 Å². The molecule has 8 heavy (non-hydrogen) atoms. The van der Waals surface area contributed by atoms with Gasteiger partial charge in [0.15, 0.2) is 0 Å². The Bertz CT molecular complexity index is 212. The Labute approximate surface area is 53.8 Å². The molecule has 3 nitrogen and oxygen atoms in total. The fourth-order valence-corrected chi connectivity index (χ4v) is 0.451. The molecule has 0 amide bonds. The van der Waals surface area contributed by atoms with Crippen molar-refractivity contribution < 1.29 is 8.83 Å². The first kappa shape index (κ1) is 5.72. The van der Waals surface area contributed by atoms with Crippen molar-refractivity contribution in [1.82, 2.24) is 0 Å². The van der Waals surface area contributed by atoms with Gasteiger partial charge in [0.1, 0.15) is 0 Å². The van der Waals surface area contributed by atoms with Crippen LogP contribution in [0.1, 0.15) is 0 Å². The van der Waals surface area contributed by atoms with Crippen molar-refractivity contribution in [3.05, 3.63) is 21.1 Å². The lowest BCUT2D eigenvalue weighted by Gasteiger charge is -1.68. The number of halogens is 2. The third-order valence-electron chi connectivity index (χ3n) is 0.500. The van der Waals surface area contributed by atoms with Crippen LogP contribution in [0.15, 0.2) is 13.6 Å². The number of hydrogen-bond acceptors (Lipinski definition) is 3. The summed E-state index contributed by atoms with van der Waals surface area (Å²) in [6, 6.07) is 0. The molecule has 0 saturated carbocycles. The average molecular weight is 155 g/mol. The standard InChI is InChI=1S/C3Cl2O3/c4-1-2(5)8-3(6)7-1. The van der Waals surface area contributed by atoms with E-state index < -0.39 is 5.82 Å². The zero-order valence-corrected chi connectivity index (χ0v) is 4.99. The lowest BCUT2D eigenvalue weighted by molar-refractivity contribution is 0.387. The summed E-state index contributed by atoms with van der Waals surface area (Å²) in [6.07, 6.45) is 0. The van der Waals surface area contributed by atoms with Crippen LogP contribution in [-0.2, 0) is 0 Å². The second kappa shape index (κ2) is 1.84. The van der Waals surface area contributed by atoms with E-state index in [-0.39, 0.29) is 10.4 Å². The van der Waals surface area contributed by atoms with Crippen molar-refractivity contribution >= 4 is 23.2 Å². The van der Waals surface area contributed by atoms with Crippen LogP contribution in [0.5, 0.6) is 0 Å². The van der Waals surface area contributed by atoms with Gasteiger partial charge in [0.25, 0.3) is 10.4 Å². The largest absolute Gasteiger partial charge is 0.521 e. The first-order valence-electron chi connectivity index (χ1n) is 1.65. The molecule has 0 aliphatic rings. The summed E-state index contributed by atoms with van der Waals surface area (Å²) in [6.45, 7) is 0.